The molecule has 0 aliphatic heterocycles. The third-order valence-corrected chi connectivity index (χ3v) is 3.20. The summed E-state index contributed by atoms with van der Waals surface area (Å²) in [5, 5.41) is 2.82. The van der Waals surface area contributed by atoms with E-state index in [9.17, 15) is 4.79 Å². The Hall–Kier alpha value is -2.36. The van der Waals surface area contributed by atoms with Crippen LogP contribution < -0.4 is 11.1 Å². The Kier molecular flexibility index (Phi) is 4.35. The maximum absolute atomic E-state index is 11.9. The largest absolute Gasteiger partial charge is 0.384 e. The predicted molar refractivity (Wildman–Crippen MR) is 81.5 cm³/mol. The van der Waals surface area contributed by atoms with Crippen LogP contribution in [0, 0.1) is 13.8 Å². The molecular weight excluding hydrogens is 250 g/mol. The topological polar surface area (TPSA) is 68.0 Å². The molecule has 0 unspecified atom stereocenters. The number of nitrogens with two attached hydrogens (primary N) is 1. The van der Waals surface area contributed by atoms with E-state index >= 15 is 0 Å². The maximum Gasteiger partial charge on any atom is 0.224 e. The molecule has 0 atom stereocenters. The fourth-order valence-electron chi connectivity index (χ4n) is 2.02. The van der Waals surface area contributed by atoms with Crippen molar-refractivity contribution < 1.29 is 4.79 Å². The number of hydrogen-bond donors (Lipinski definition) is 2. The molecule has 0 saturated carbocycles. The summed E-state index contributed by atoms with van der Waals surface area (Å²) in [6, 6.07) is 9.72. The highest BCUT2D eigenvalue weighted by molar-refractivity contribution is 5.90. The smallest absolute Gasteiger partial charge is 0.224 e. The van der Waals surface area contributed by atoms with Crippen LogP contribution in [0.5, 0.6) is 0 Å². The molecule has 104 valence electrons. The summed E-state index contributed by atoms with van der Waals surface area (Å²) in [5.41, 5.74) is 9.83. The van der Waals surface area contributed by atoms with Gasteiger partial charge in [0.2, 0.25) is 5.91 Å². The number of amides is 1. The number of benzene rings is 1. The standard InChI is InChI=1S/C16H19N3O/c1-11-3-4-12(2)13(9-11)5-8-16(20)19-14-6-7-15(17)18-10-14/h3-4,6-7,9-10H,5,8H2,1-2H3,(H2,17,18)(H,19,20). The molecule has 2 aromatic rings. The summed E-state index contributed by atoms with van der Waals surface area (Å²) in [6.07, 6.45) is 2.75. The predicted octanol–water partition coefficient (Wildman–Crippen LogP) is 2.85. The number of carbonyl (C=O) groups excluding carboxylic acids is 1. The highest BCUT2D eigenvalue weighted by Gasteiger charge is 2.05. The van der Waals surface area contributed by atoms with Crippen molar-refractivity contribution >= 4 is 17.4 Å². The SMILES string of the molecule is Cc1ccc(C)c(CCC(=O)Nc2ccc(N)nc2)c1. The molecule has 0 fully saturated rings. The Bertz CT molecular complexity index is 606. The van der Waals surface area contributed by atoms with E-state index < -0.39 is 0 Å². The first-order chi connectivity index (χ1) is 9.54. The fourth-order valence-corrected chi connectivity index (χ4v) is 2.02. The minimum atomic E-state index is -0.0162. The van der Waals surface area contributed by atoms with Gasteiger partial charge >= 0.3 is 0 Å². The molecule has 2 rings (SSSR count). The number of rotatable bonds is 4. The number of aryl methyl sites for hydroxylation is 3. The van der Waals surface area contributed by atoms with Crippen molar-refractivity contribution in [3.8, 4) is 0 Å². The molecule has 0 saturated heterocycles. The zero-order valence-corrected chi connectivity index (χ0v) is 11.8. The summed E-state index contributed by atoms with van der Waals surface area (Å²) >= 11 is 0. The summed E-state index contributed by atoms with van der Waals surface area (Å²) in [7, 11) is 0. The molecule has 4 nitrogen and oxygen atoms in total. The molecule has 0 aliphatic rings. The van der Waals surface area contributed by atoms with Gasteiger partial charge in [-0.3, -0.25) is 4.79 Å². The van der Waals surface area contributed by atoms with Crippen LogP contribution in [-0.4, -0.2) is 10.9 Å². The van der Waals surface area contributed by atoms with Gasteiger partial charge in [0.25, 0.3) is 0 Å². The number of anilines is 2. The second-order valence-electron chi connectivity index (χ2n) is 4.95. The lowest BCUT2D eigenvalue weighted by atomic mass is 10.0. The van der Waals surface area contributed by atoms with Crippen LogP contribution in [0.2, 0.25) is 0 Å². The minimum Gasteiger partial charge on any atom is -0.384 e. The fraction of sp³-hybridized carbons (Fsp3) is 0.250. The first-order valence-corrected chi connectivity index (χ1v) is 6.62. The minimum absolute atomic E-state index is 0.0162. The Labute approximate surface area is 119 Å². The van der Waals surface area contributed by atoms with Gasteiger partial charge in [0, 0.05) is 6.42 Å². The lowest BCUT2D eigenvalue weighted by Crippen LogP contribution is -2.13. The third-order valence-electron chi connectivity index (χ3n) is 3.20. The van der Waals surface area contributed by atoms with E-state index in [0.29, 0.717) is 17.9 Å². The van der Waals surface area contributed by atoms with Crippen molar-refractivity contribution in [2.45, 2.75) is 26.7 Å². The number of carbonyl (C=O) groups is 1. The number of nitrogens with zero attached hydrogens (tertiary/aromatic N) is 1. The molecule has 1 aromatic carbocycles. The van der Waals surface area contributed by atoms with Crippen molar-refractivity contribution in [3.05, 3.63) is 53.2 Å². The van der Waals surface area contributed by atoms with Crippen LogP contribution in [0.3, 0.4) is 0 Å². The van der Waals surface area contributed by atoms with Gasteiger partial charge in [-0.15, -0.1) is 0 Å². The van der Waals surface area contributed by atoms with Crippen LogP contribution in [-0.2, 0) is 11.2 Å². The van der Waals surface area contributed by atoms with E-state index in [1.807, 2.05) is 0 Å². The molecule has 4 heteroatoms. The van der Waals surface area contributed by atoms with E-state index in [4.69, 9.17) is 5.73 Å². The van der Waals surface area contributed by atoms with Crippen LogP contribution in [0.25, 0.3) is 0 Å². The number of aromatic nitrogens is 1. The Morgan fingerprint density at radius 1 is 1.25 bits per heavy atom. The summed E-state index contributed by atoms with van der Waals surface area (Å²) in [5.74, 6) is 0.427. The summed E-state index contributed by atoms with van der Waals surface area (Å²) < 4.78 is 0. The Morgan fingerprint density at radius 2 is 2.05 bits per heavy atom. The molecule has 3 N–H and O–H groups in total. The van der Waals surface area contributed by atoms with Gasteiger partial charge in [0.05, 0.1) is 11.9 Å². The second kappa shape index (κ2) is 6.19. The van der Waals surface area contributed by atoms with Crippen molar-refractivity contribution in [1.82, 2.24) is 4.98 Å². The lowest BCUT2D eigenvalue weighted by molar-refractivity contribution is -0.116. The summed E-state index contributed by atoms with van der Waals surface area (Å²) in [4.78, 5) is 15.8. The number of nitrogens with one attached hydrogen (secondary N) is 1. The van der Waals surface area contributed by atoms with E-state index in [0.717, 1.165) is 6.42 Å². The number of nitrogen functional groups attached to an aromatic ring is 1. The average molecular weight is 269 g/mol. The highest BCUT2D eigenvalue weighted by atomic mass is 16.1. The number of pyridine rings is 1. The molecule has 0 spiro atoms. The molecular formula is C16H19N3O. The van der Waals surface area contributed by atoms with Gasteiger partial charge < -0.3 is 11.1 Å². The van der Waals surface area contributed by atoms with E-state index in [-0.39, 0.29) is 5.91 Å². The van der Waals surface area contributed by atoms with Crippen molar-refractivity contribution in [3.63, 3.8) is 0 Å². The quantitative estimate of drug-likeness (QED) is 0.896. The maximum atomic E-state index is 11.9. The first-order valence-electron chi connectivity index (χ1n) is 6.62. The van der Waals surface area contributed by atoms with Crippen LogP contribution in [0.4, 0.5) is 11.5 Å². The van der Waals surface area contributed by atoms with Crippen molar-refractivity contribution in [2.24, 2.45) is 0 Å². The first kappa shape index (κ1) is 14.1. The van der Waals surface area contributed by atoms with Crippen molar-refractivity contribution in [2.75, 3.05) is 11.1 Å². The molecule has 0 radical (unpaired) electrons. The van der Waals surface area contributed by atoms with Crippen molar-refractivity contribution in [1.29, 1.82) is 0 Å². The monoisotopic (exact) mass is 269 g/mol. The van der Waals surface area contributed by atoms with Crippen LogP contribution >= 0.6 is 0 Å². The third kappa shape index (κ3) is 3.82. The van der Waals surface area contributed by atoms with E-state index in [1.54, 1.807) is 18.3 Å². The van der Waals surface area contributed by atoms with E-state index in [2.05, 4.69) is 42.3 Å². The molecule has 1 amide bonds. The van der Waals surface area contributed by atoms with Gasteiger partial charge in [-0.2, -0.15) is 0 Å². The molecule has 0 bridgehead atoms. The zero-order chi connectivity index (χ0) is 14.5. The molecule has 20 heavy (non-hydrogen) atoms. The molecule has 0 aliphatic carbocycles. The zero-order valence-electron chi connectivity index (χ0n) is 11.8. The Balaban J connectivity index is 1.92. The van der Waals surface area contributed by atoms with Gasteiger partial charge in [-0.1, -0.05) is 23.8 Å². The second-order valence-corrected chi connectivity index (χ2v) is 4.95. The Morgan fingerprint density at radius 3 is 2.75 bits per heavy atom. The normalized spacial score (nSPS) is 10.3. The van der Waals surface area contributed by atoms with Crippen LogP contribution in [0.1, 0.15) is 23.1 Å². The highest BCUT2D eigenvalue weighted by Crippen LogP contribution is 2.14. The molecule has 1 heterocycles. The molecule has 1 aromatic heterocycles. The van der Waals surface area contributed by atoms with Gasteiger partial charge in [-0.05, 0) is 43.5 Å². The van der Waals surface area contributed by atoms with Crippen LogP contribution in [0.15, 0.2) is 36.5 Å². The van der Waals surface area contributed by atoms with Gasteiger partial charge in [-0.25, -0.2) is 4.98 Å². The number of hydrogen-bond acceptors (Lipinski definition) is 3. The van der Waals surface area contributed by atoms with Gasteiger partial charge in [0.15, 0.2) is 0 Å². The summed E-state index contributed by atoms with van der Waals surface area (Å²) in [6.45, 7) is 4.12. The van der Waals surface area contributed by atoms with Gasteiger partial charge in [0.1, 0.15) is 5.82 Å². The van der Waals surface area contributed by atoms with E-state index in [1.165, 1.54) is 16.7 Å². The lowest BCUT2D eigenvalue weighted by Gasteiger charge is -2.08. The average Bonchev–Trinajstić information content (AvgIpc) is 2.42.